The van der Waals surface area contributed by atoms with E-state index in [1.165, 1.54) is 11.1 Å². The van der Waals surface area contributed by atoms with Crippen LogP contribution in [-0.4, -0.2) is 5.38 Å². The largest absolute Gasteiger partial charge is 0.122 e. The van der Waals surface area contributed by atoms with Crippen LogP contribution in [0.3, 0.4) is 0 Å². The fourth-order valence-electron chi connectivity index (χ4n) is 1.55. The molecule has 2 atom stereocenters. The number of aryl methyl sites for hydroxylation is 1. The molecule has 1 rings (SSSR count). The lowest BCUT2D eigenvalue weighted by Crippen LogP contribution is -2.19. The second-order valence-corrected chi connectivity index (χ2v) is 5.37. The van der Waals surface area contributed by atoms with Gasteiger partial charge in [-0.1, -0.05) is 50.6 Å². The molecule has 0 N–H and O–H groups in total. The third-order valence-electron chi connectivity index (χ3n) is 3.17. The lowest BCUT2D eigenvalue weighted by Gasteiger charge is -2.21. The van der Waals surface area contributed by atoms with Crippen LogP contribution in [0, 0.1) is 18.8 Å². The molecule has 0 nitrogen and oxygen atoms in total. The Morgan fingerprint density at radius 1 is 1.07 bits per heavy atom. The summed E-state index contributed by atoms with van der Waals surface area (Å²) in [5.74, 6) is 1.21. The van der Waals surface area contributed by atoms with Crippen molar-refractivity contribution in [3.8, 4) is 0 Å². The van der Waals surface area contributed by atoms with E-state index in [0.29, 0.717) is 11.8 Å². The van der Waals surface area contributed by atoms with Gasteiger partial charge in [-0.25, -0.2) is 0 Å². The maximum absolute atomic E-state index is 6.40. The van der Waals surface area contributed by atoms with Crippen molar-refractivity contribution in [1.82, 2.24) is 0 Å². The van der Waals surface area contributed by atoms with E-state index in [9.17, 15) is 0 Å². The predicted octanol–water partition coefficient (Wildman–Crippen LogP) is 4.44. The molecule has 0 saturated carbocycles. The molecule has 0 aliphatic rings. The highest BCUT2D eigenvalue weighted by Gasteiger charge is 2.17. The Morgan fingerprint density at radius 2 is 1.60 bits per heavy atom. The molecule has 0 heterocycles. The van der Waals surface area contributed by atoms with E-state index >= 15 is 0 Å². The summed E-state index contributed by atoms with van der Waals surface area (Å²) in [6.45, 7) is 8.81. The van der Waals surface area contributed by atoms with Crippen LogP contribution in [0.25, 0.3) is 0 Å². The SMILES string of the molecule is Cc1ccc(CC(Cl)C(C)C(C)C)cc1. The minimum atomic E-state index is 0.243. The van der Waals surface area contributed by atoms with Crippen LogP contribution in [0.15, 0.2) is 24.3 Å². The van der Waals surface area contributed by atoms with Gasteiger partial charge in [0.25, 0.3) is 0 Å². The number of benzene rings is 1. The fraction of sp³-hybridized carbons (Fsp3) is 0.571. The van der Waals surface area contributed by atoms with Crippen molar-refractivity contribution in [2.24, 2.45) is 11.8 Å². The van der Waals surface area contributed by atoms with Crippen molar-refractivity contribution in [3.05, 3.63) is 35.4 Å². The fourth-order valence-corrected chi connectivity index (χ4v) is 2.02. The van der Waals surface area contributed by atoms with E-state index in [1.54, 1.807) is 0 Å². The van der Waals surface area contributed by atoms with Gasteiger partial charge in [0.15, 0.2) is 0 Å². The molecule has 15 heavy (non-hydrogen) atoms. The van der Waals surface area contributed by atoms with Gasteiger partial charge < -0.3 is 0 Å². The van der Waals surface area contributed by atoms with Crippen molar-refractivity contribution in [2.75, 3.05) is 0 Å². The molecule has 0 fully saturated rings. The van der Waals surface area contributed by atoms with Crippen LogP contribution >= 0.6 is 11.6 Å². The molecular weight excluding hydrogens is 204 g/mol. The van der Waals surface area contributed by atoms with Crippen LogP contribution in [0.4, 0.5) is 0 Å². The standard InChI is InChI=1S/C14H21Cl/c1-10(2)12(4)14(15)9-13-7-5-11(3)6-8-13/h5-8,10,12,14H,9H2,1-4H3. The van der Waals surface area contributed by atoms with Crippen molar-refractivity contribution in [2.45, 2.75) is 39.5 Å². The number of halogens is 1. The normalized spacial score (nSPS) is 15.3. The summed E-state index contributed by atoms with van der Waals surface area (Å²) in [6.07, 6.45) is 0.973. The quantitative estimate of drug-likeness (QED) is 0.664. The molecule has 0 spiro atoms. The highest BCUT2D eigenvalue weighted by Crippen LogP contribution is 2.22. The average Bonchev–Trinajstić information content (AvgIpc) is 2.20. The van der Waals surface area contributed by atoms with Gasteiger partial charge in [0.1, 0.15) is 0 Å². The summed E-state index contributed by atoms with van der Waals surface area (Å²) < 4.78 is 0. The molecule has 0 aromatic heterocycles. The molecule has 0 aliphatic carbocycles. The first kappa shape index (κ1) is 12.6. The van der Waals surface area contributed by atoms with Crippen LogP contribution in [0.5, 0.6) is 0 Å². The van der Waals surface area contributed by atoms with Crippen LogP contribution in [-0.2, 0) is 6.42 Å². The van der Waals surface area contributed by atoms with Gasteiger partial charge >= 0.3 is 0 Å². The van der Waals surface area contributed by atoms with Gasteiger partial charge in [-0.3, -0.25) is 0 Å². The van der Waals surface area contributed by atoms with E-state index in [4.69, 9.17) is 11.6 Å². The molecule has 1 aromatic carbocycles. The topological polar surface area (TPSA) is 0 Å². The Bertz CT molecular complexity index is 287. The van der Waals surface area contributed by atoms with Gasteiger partial charge in [-0.05, 0) is 30.7 Å². The first-order valence-corrected chi connectivity index (χ1v) is 6.14. The monoisotopic (exact) mass is 224 g/mol. The Hall–Kier alpha value is -0.490. The second-order valence-electron chi connectivity index (χ2n) is 4.81. The highest BCUT2D eigenvalue weighted by molar-refractivity contribution is 6.20. The summed E-state index contributed by atoms with van der Waals surface area (Å²) >= 11 is 6.40. The average molecular weight is 225 g/mol. The number of rotatable bonds is 4. The molecular formula is C14H21Cl. The molecule has 0 amide bonds. The minimum Gasteiger partial charge on any atom is -0.122 e. The van der Waals surface area contributed by atoms with Gasteiger partial charge in [-0.15, -0.1) is 11.6 Å². The first-order valence-electron chi connectivity index (χ1n) is 5.70. The van der Waals surface area contributed by atoms with E-state index in [0.717, 1.165) is 6.42 Å². The molecule has 1 heteroatoms. The molecule has 84 valence electrons. The number of hydrogen-bond donors (Lipinski definition) is 0. The lowest BCUT2D eigenvalue weighted by molar-refractivity contribution is 0.399. The summed E-state index contributed by atoms with van der Waals surface area (Å²) in [4.78, 5) is 0. The third-order valence-corrected chi connectivity index (χ3v) is 3.73. The van der Waals surface area contributed by atoms with Crippen LogP contribution < -0.4 is 0 Å². The maximum atomic E-state index is 6.40. The molecule has 0 aliphatic heterocycles. The smallest absolute Gasteiger partial charge is 0.0404 e. The number of hydrogen-bond acceptors (Lipinski definition) is 0. The summed E-state index contributed by atoms with van der Waals surface area (Å²) in [5, 5.41) is 0.243. The van der Waals surface area contributed by atoms with Crippen molar-refractivity contribution >= 4 is 11.6 Å². The first-order chi connectivity index (χ1) is 7.00. The zero-order valence-corrected chi connectivity index (χ0v) is 10.9. The summed E-state index contributed by atoms with van der Waals surface area (Å²) in [5.41, 5.74) is 2.65. The van der Waals surface area contributed by atoms with Crippen molar-refractivity contribution in [3.63, 3.8) is 0 Å². The summed E-state index contributed by atoms with van der Waals surface area (Å²) in [7, 11) is 0. The maximum Gasteiger partial charge on any atom is 0.0404 e. The molecule has 2 unspecified atom stereocenters. The Kier molecular flexibility index (Phi) is 4.66. The predicted molar refractivity (Wildman–Crippen MR) is 68.5 cm³/mol. The third kappa shape index (κ3) is 3.87. The van der Waals surface area contributed by atoms with Crippen molar-refractivity contribution in [1.29, 1.82) is 0 Å². The van der Waals surface area contributed by atoms with Gasteiger partial charge in [0.2, 0.25) is 0 Å². The van der Waals surface area contributed by atoms with Crippen LogP contribution in [0.2, 0.25) is 0 Å². The van der Waals surface area contributed by atoms with E-state index in [-0.39, 0.29) is 5.38 Å². The summed E-state index contributed by atoms with van der Waals surface area (Å²) in [6, 6.07) is 8.66. The molecule has 0 bridgehead atoms. The molecule has 1 aromatic rings. The lowest BCUT2D eigenvalue weighted by atomic mass is 9.91. The van der Waals surface area contributed by atoms with Gasteiger partial charge in [0, 0.05) is 5.38 Å². The van der Waals surface area contributed by atoms with E-state index in [2.05, 4.69) is 52.0 Å². The van der Waals surface area contributed by atoms with E-state index in [1.807, 2.05) is 0 Å². The zero-order valence-electron chi connectivity index (χ0n) is 10.1. The zero-order chi connectivity index (χ0) is 11.4. The van der Waals surface area contributed by atoms with Crippen molar-refractivity contribution < 1.29 is 0 Å². The van der Waals surface area contributed by atoms with Crippen LogP contribution in [0.1, 0.15) is 31.9 Å². The Morgan fingerprint density at radius 3 is 2.07 bits per heavy atom. The van der Waals surface area contributed by atoms with Gasteiger partial charge in [0.05, 0.1) is 0 Å². The molecule has 0 saturated heterocycles. The van der Waals surface area contributed by atoms with E-state index < -0.39 is 0 Å². The minimum absolute atomic E-state index is 0.243. The second kappa shape index (κ2) is 5.55. The van der Waals surface area contributed by atoms with Gasteiger partial charge in [-0.2, -0.15) is 0 Å². The Labute approximate surface area is 98.7 Å². The molecule has 0 radical (unpaired) electrons. The Balaban J connectivity index is 2.58. The highest BCUT2D eigenvalue weighted by atomic mass is 35.5. The number of alkyl halides is 1.